The highest BCUT2D eigenvalue weighted by atomic mass is 35.5. The summed E-state index contributed by atoms with van der Waals surface area (Å²) < 4.78 is 11.2. The van der Waals surface area contributed by atoms with E-state index in [0.717, 1.165) is 6.42 Å². The summed E-state index contributed by atoms with van der Waals surface area (Å²) in [7, 11) is 0. The van der Waals surface area contributed by atoms with E-state index in [-0.39, 0.29) is 36.8 Å². The van der Waals surface area contributed by atoms with Crippen molar-refractivity contribution in [2.75, 3.05) is 11.9 Å². The second-order valence-corrected chi connectivity index (χ2v) is 5.35. The molecule has 1 saturated heterocycles. The highest BCUT2D eigenvalue weighted by molar-refractivity contribution is 5.94. The Morgan fingerprint density at radius 2 is 2.08 bits per heavy atom. The van der Waals surface area contributed by atoms with Crippen molar-refractivity contribution in [3.8, 4) is 11.6 Å². The van der Waals surface area contributed by atoms with Gasteiger partial charge in [0, 0.05) is 30.6 Å². The van der Waals surface area contributed by atoms with Crippen LogP contribution in [0.4, 0.5) is 5.69 Å². The molecule has 2 atom stereocenters. The number of carbonyl (C=O) groups is 1. The van der Waals surface area contributed by atoms with Gasteiger partial charge in [-0.3, -0.25) is 4.79 Å². The Balaban J connectivity index is 0.00000156. The molecule has 3 rings (SSSR count). The molecule has 0 radical (unpaired) electrons. The van der Waals surface area contributed by atoms with Crippen LogP contribution in [-0.4, -0.2) is 29.6 Å². The van der Waals surface area contributed by atoms with Gasteiger partial charge in [0.15, 0.2) is 0 Å². The molecule has 0 saturated carbocycles. The molecule has 0 aliphatic carbocycles. The molecule has 0 unspecified atom stereocenters. The lowest BCUT2D eigenvalue weighted by atomic mass is 10.2. The van der Waals surface area contributed by atoms with Crippen LogP contribution in [-0.2, 0) is 9.53 Å². The molecule has 25 heavy (non-hydrogen) atoms. The first-order chi connectivity index (χ1) is 11.2. The number of benzene rings is 1. The number of aromatic nitrogens is 1. The van der Waals surface area contributed by atoms with Crippen LogP contribution in [0.3, 0.4) is 0 Å². The Kier molecular flexibility index (Phi) is 8.65. The number of hydrogen-bond acceptors (Lipinski definition) is 5. The largest absolute Gasteiger partial charge is 0.439 e. The SMILES string of the molecule is Cl.Cl.NC[C@H]1CC[C@@H](C(=O)Nc2cccc(Oc3ccccn3)c2)O1. The van der Waals surface area contributed by atoms with Crippen molar-refractivity contribution in [2.24, 2.45) is 5.73 Å². The first kappa shape index (κ1) is 21.2. The van der Waals surface area contributed by atoms with Gasteiger partial charge in [0.2, 0.25) is 5.88 Å². The van der Waals surface area contributed by atoms with Crippen LogP contribution in [0.5, 0.6) is 11.6 Å². The average Bonchev–Trinajstić information content (AvgIpc) is 3.05. The predicted molar refractivity (Wildman–Crippen MR) is 101 cm³/mol. The first-order valence-electron chi connectivity index (χ1n) is 7.60. The number of anilines is 1. The van der Waals surface area contributed by atoms with Crippen molar-refractivity contribution in [1.82, 2.24) is 4.98 Å². The van der Waals surface area contributed by atoms with E-state index in [9.17, 15) is 4.79 Å². The van der Waals surface area contributed by atoms with Crippen molar-refractivity contribution in [2.45, 2.75) is 25.0 Å². The zero-order valence-corrected chi connectivity index (χ0v) is 15.1. The normalized spacial score (nSPS) is 18.6. The van der Waals surface area contributed by atoms with Gasteiger partial charge in [0.25, 0.3) is 5.91 Å². The third kappa shape index (κ3) is 5.86. The van der Waals surface area contributed by atoms with Gasteiger partial charge in [-0.1, -0.05) is 12.1 Å². The number of ether oxygens (including phenoxy) is 2. The topological polar surface area (TPSA) is 86.5 Å². The van der Waals surface area contributed by atoms with Crippen LogP contribution in [0.1, 0.15) is 12.8 Å². The number of amides is 1. The summed E-state index contributed by atoms with van der Waals surface area (Å²) in [6, 6.07) is 12.6. The molecule has 2 heterocycles. The summed E-state index contributed by atoms with van der Waals surface area (Å²) >= 11 is 0. The Labute approximate surface area is 158 Å². The van der Waals surface area contributed by atoms with Gasteiger partial charge in [-0.05, 0) is 31.0 Å². The van der Waals surface area contributed by atoms with E-state index in [1.165, 1.54) is 0 Å². The van der Waals surface area contributed by atoms with Crippen molar-refractivity contribution in [1.29, 1.82) is 0 Å². The standard InChI is InChI=1S/C17H19N3O3.2ClH/c18-11-14-7-8-15(22-14)17(21)20-12-4-3-5-13(10-12)23-16-6-1-2-9-19-16;;/h1-6,9-10,14-15H,7-8,11,18H2,(H,20,21);2*1H/t14-,15+;;/m1../s1. The average molecular weight is 386 g/mol. The fourth-order valence-corrected chi connectivity index (χ4v) is 2.46. The Morgan fingerprint density at radius 3 is 2.76 bits per heavy atom. The maximum absolute atomic E-state index is 12.2. The second kappa shape index (κ2) is 10.2. The highest BCUT2D eigenvalue weighted by Crippen LogP contribution is 2.24. The molecule has 2 aromatic rings. The maximum atomic E-state index is 12.2. The highest BCUT2D eigenvalue weighted by Gasteiger charge is 2.29. The van der Waals surface area contributed by atoms with Gasteiger partial charge in [0.1, 0.15) is 11.9 Å². The van der Waals surface area contributed by atoms with Crippen LogP contribution in [0, 0.1) is 0 Å². The van der Waals surface area contributed by atoms with E-state index in [2.05, 4.69) is 10.3 Å². The lowest BCUT2D eigenvalue weighted by Gasteiger charge is -2.13. The number of pyridine rings is 1. The molecule has 6 nitrogen and oxygen atoms in total. The Bertz CT molecular complexity index is 673. The molecule has 1 aromatic heterocycles. The lowest BCUT2D eigenvalue weighted by molar-refractivity contribution is -0.126. The minimum Gasteiger partial charge on any atom is -0.439 e. The molecule has 1 aliphatic rings. The summed E-state index contributed by atoms with van der Waals surface area (Å²) in [5.74, 6) is 0.950. The second-order valence-electron chi connectivity index (χ2n) is 5.35. The van der Waals surface area contributed by atoms with Gasteiger partial charge in [-0.2, -0.15) is 0 Å². The van der Waals surface area contributed by atoms with E-state index in [1.54, 1.807) is 30.5 Å². The molecule has 3 N–H and O–H groups in total. The van der Waals surface area contributed by atoms with Crippen molar-refractivity contribution >= 4 is 36.4 Å². The fraction of sp³-hybridized carbons (Fsp3) is 0.294. The van der Waals surface area contributed by atoms with Crippen LogP contribution in [0.25, 0.3) is 0 Å². The van der Waals surface area contributed by atoms with E-state index in [0.29, 0.717) is 30.3 Å². The number of halogens is 2. The quantitative estimate of drug-likeness (QED) is 0.825. The number of nitrogens with zero attached hydrogens (tertiary/aromatic N) is 1. The van der Waals surface area contributed by atoms with Crippen LogP contribution >= 0.6 is 24.8 Å². The van der Waals surface area contributed by atoms with Crippen LogP contribution in [0.15, 0.2) is 48.7 Å². The molecule has 0 spiro atoms. The number of nitrogens with one attached hydrogen (secondary N) is 1. The minimum atomic E-state index is -0.441. The summed E-state index contributed by atoms with van der Waals surface area (Å²) in [5.41, 5.74) is 6.22. The number of carbonyl (C=O) groups excluding carboxylic acids is 1. The molecule has 8 heteroatoms. The molecule has 136 valence electrons. The molecule has 1 aliphatic heterocycles. The Hall–Kier alpha value is -1.86. The molecule has 1 amide bonds. The van der Waals surface area contributed by atoms with Crippen LogP contribution in [0.2, 0.25) is 0 Å². The first-order valence-corrected chi connectivity index (χ1v) is 7.60. The third-order valence-electron chi connectivity index (χ3n) is 3.62. The van der Waals surface area contributed by atoms with Crippen molar-refractivity contribution in [3.63, 3.8) is 0 Å². The van der Waals surface area contributed by atoms with E-state index in [1.807, 2.05) is 18.2 Å². The third-order valence-corrected chi connectivity index (χ3v) is 3.62. The molecule has 1 aromatic carbocycles. The van der Waals surface area contributed by atoms with Gasteiger partial charge < -0.3 is 20.5 Å². The van der Waals surface area contributed by atoms with Crippen molar-refractivity contribution < 1.29 is 14.3 Å². The number of hydrogen-bond donors (Lipinski definition) is 2. The predicted octanol–water partition coefficient (Wildman–Crippen LogP) is 3.16. The lowest BCUT2D eigenvalue weighted by Crippen LogP contribution is -2.29. The summed E-state index contributed by atoms with van der Waals surface area (Å²) in [6.07, 6.45) is 2.70. The minimum absolute atomic E-state index is 0. The number of nitrogens with two attached hydrogens (primary N) is 1. The maximum Gasteiger partial charge on any atom is 0.253 e. The zero-order valence-electron chi connectivity index (χ0n) is 13.5. The summed E-state index contributed by atoms with van der Waals surface area (Å²) in [6.45, 7) is 0.442. The van der Waals surface area contributed by atoms with Gasteiger partial charge in [-0.15, -0.1) is 24.8 Å². The van der Waals surface area contributed by atoms with Gasteiger partial charge in [-0.25, -0.2) is 4.98 Å². The van der Waals surface area contributed by atoms with E-state index < -0.39 is 6.10 Å². The molecular formula is C17H21Cl2N3O3. The summed E-state index contributed by atoms with van der Waals surface area (Å²) in [4.78, 5) is 16.3. The Morgan fingerprint density at radius 1 is 1.24 bits per heavy atom. The number of rotatable bonds is 5. The summed E-state index contributed by atoms with van der Waals surface area (Å²) in [5, 5.41) is 2.85. The smallest absolute Gasteiger partial charge is 0.253 e. The van der Waals surface area contributed by atoms with Crippen molar-refractivity contribution in [3.05, 3.63) is 48.7 Å². The monoisotopic (exact) mass is 385 g/mol. The van der Waals surface area contributed by atoms with E-state index >= 15 is 0 Å². The van der Waals surface area contributed by atoms with Gasteiger partial charge >= 0.3 is 0 Å². The molecular weight excluding hydrogens is 365 g/mol. The molecule has 1 fully saturated rings. The van der Waals surface area contributed by atoms with Gasteiger partial charge in [0.05, 0.1) is 6.10 Å². The van der Waals surface area contributed by atoms with Crippen LogP contribution < -0.4 is 15.8 Å². The fourth-order valence-electron chi connectivity index (χ4n) is 2.46. The zero-order chi connectivity index (χ0) is 16.1. The van der Waals surface area contributed by atoms with E-state index in [4.69, 9.17) is 15.2 Å². The molecule has 0 bridgehead atoms.